The van der Waals surface area contributed by atoms with Crippen molar-refractivity contribution >= 4 is 11.1 Å². The van der Waals surface area contributed by atoms with E-state index < -0.39 is 34.3 Å². The number of nitrogens with zero attached hydrogens (tertiary/aromatic N) is 2. The van der Waals surface area contributed by atoms with Gasteiger partial charge in [0.05, 0.1) is 17.0 Å². The van der Waals surface area contributed by atoms with E-state index >= 15 is 0 Å². The van der Waals surface area contributed by atoms with Gasteiger partial charge in [0.15, 0.2) is 0 Å². The van der Waals surface area contributed by atoms with Crippen molar-refractivity contribution in [2.75, 3.05) is 0 Å². The van der Waals surface area contributed by atoms with Gasteiger partial charge in [0.1, 0.15) is 17.7 Å². The minimum absolute atomic E-state index is 0.0144. The summed E-state index contributed by atoms with van der Waals surface area (Å²) in [4.78, 5) is 0. The first kappa shape index (κ1) is 19.4. The molecule has 0 bridgehead atoms. The lowest BCUT2D eigenvalue weighted by atomic mass is 10.0. The van der Waals surface area contributed by atoms with Gasteiger partial charge in [0.25, 0.3) is 11.1 Å². The predicted octanol–water partition coefficient (Wildman–Crippen LogP) is 4.25. The van der Waals surface area contributed by atoms with Crippen molar-refractivity contribution < 1.29 is 30.3 Å². The molecular formula is C15H13F5N2O2S. The van der Waals surface area contributed by atoms with Crippen molar-refractivity contribution in [2.24, 2.45) is 0 Å². The van der Waals surface area contributed by atoms with E-state index in [0.717, 1.165) is 12.1 Å². The van der Waals surface area contributed by atoms with Gasteiger partial charge in [0, 0.05) is 0 Å². The summed E-state index contributed by atoms with van der Waals surface area (Å²) in [6.07, 6.45) is -0.982. The molecule has 2 aromatic rings. The maximum Gasteiger partial charge on any atom is 0.497 e. The van der Waals surface area contributed by atoms with Crippen molar-refractivity contribution in [3.05, 3.63) is 47.2 Å². The zero-order valence-corrected chi connectivity index (χ0v) is 13.9. The molecule has 2 rings (SSSR count). The van der Waals surface area contributed by atoms with Crippen LogP contribution in [-0.4, -0.2) is 19.9 Å². The van der Waals surface area contributed by atoms with Crippen LogP contribution in [-0.2, 0) is 21.7 Å². The average molecular weight is 380 g/mol. The molecule has 1 aromatic carbocycles. The summed E-state index contributed by atoms with van der Waals surface area (Å²) in [6, 6.07) is 4.62. The van der Waals surface area contributed by atoms with E-state index in [9.17, 15) is 26.2 Å². The van der Waals surface area contributed by atoms with Crippen molar-refractivity contribution in [3.63, 3.8) is 0 Å². The number of alkyl halides is 3. The second-order valence-electron chi connectivity index (χ2n) is 5.01. The Kier molecular flexibility index (Phi) is 5.83. The van der Waals surface area contributed by atoms with Gasteiger partial charge in [-0.15, -0.1) is 5.10 Å². The van der Waals surface area contributed by atoms with Gasteiger partial charge in [-0.05, 0) is 37.1 Å². The molecule has 0 saturated carbocycles. The van der Waals surface area contributed by atoms with Gasteiger partial charge in [-0.25, -0.2) is 13.0 Å². The predicted molar refractivity (Wildman–Crippen MR) is 80.5 cm³/mol. The zero-order chi connectivity index (χ0) is 18.8. The molecule has 0 amide bonds. The Bertz CT molecular complexity index is 778. The van der Waals surface area contributed by atoms with Crippen molar-refractivity contribution in [1.29, 1.82) is 0 Å². The number of aryl methyl sites for hydroxylation is 1. The largest absolute Gasteiger partial charge is 0.497 e. The van der Waals surface area contributed by atoms with Crippen molar-refractivity contribution in [3.8, 4) is 11.3 Å². The van der Waals surface area contributed by atoms with Crippen molar-refractivity contribution in [2.45, 2.75) is 31.9 Å². The summed E-state index contributed by atoms with van der Waals surface area (Å²) in [5, 5.41) is 7.41. The fourth-order valence-electron chi connectivity index (χ4n) is 2.16. The minimum atomic E-state index is -5.02. The standard InChI is InChI=1S/C15H13F5N2O2S/c1-3-9-7-12(13-10(16)5-4-6-11(13)17)21-22-14(9)8(2)24-25(23)15(18,19)20/h4-8H,3H2,1-2H3. The topological polar surface area (TPSA) is 52.1 Å². The molecule has 25 heavy (non-hydrogen) atoms. The molecule has 0 aliphatic rings. The first-order valence-corrected chi connectivity index (χ1v) is 8.19. The number of rotatable bonds is 5. The molecule has 136 valence electrons. The quantitative estimate of drug-likeness (QED) is 0.728. The van der Waals surface area contributed by atoms with Gasteiger partial charge in [-0.2, -0.15) is 18.3 Å². The minimum Gasteiger partial charge on any atom is -0.274 e. The monoisotopic (exact) mass is 380 g/mol. The Labute approximate surface area is 142 Å². The Hall–Kier alpha value is -1.94. The molecule has 2 atom stereocenters. The molecule has 4 nitrogen and oxygen atoms in total. The number of hydrogen-bond acceptors (Lipinski definition) is 4. The molecule has 2 unspecified atom stereocenters. The molecule has 0 aliphatic heterocycles. The number of benzene rings is 1. The van der Waals surface area contributed by atoms with Crippen LogP contribution in [0, 0.1) is 11.6 Å². The van der Waals surface area contributed by atoms with E-state index in [-0.39, 0.29) is 17.0 Å². The molecule has 0 fully saturated rings. The van der Waals surface area contributed by atoms with Crippen molar-refractivity contribution in [1.82, 2.24) is 10.2 Å². The van der Waals surface area contributed by atoms with Crippen LogP contribution in [0.5, 0.6) is 0 Å². The number of aromatic nitrogens is 2. The van der Waals surface area contributed by atoms with Crippen LogP contribution in [0.4, 0.5) is 22.0 Å². The highest BCUT2D eigenvalue weighted by atomic mass is 32.2. The van der Waals surface area contributed by atoms with E-state index in [1.165, 1.54) is 19.1 Å². The fourth-order valence-corrected chi connectivity index (χ4v) is 2.62. The lowest BCUT2D eigenvalue weighted by Gasteiger charge is -2.16. The van der Waals surface area contributed by atoms with Gasteiger partial charge in [-0.1, -0.05) is 13.0 Å². The van der Waals surface area contributed by atoms with E-state index in [0.29, 0.717) is 12.0 Å². The lowest BCUT2D eigenvalue weighted by molar-refractivity contribution is -0.0496. The van der Waals surface area contributed by atoms with Crippen LogP contribution >= 0.6 is 0 Å². The summed E-state index contributed by atoms with van der Waals surface area (Å²) >= 11 is -3.51. The Morgan fingerprint density at radius 3 is 2.32 bits per heavy atom. The molecule has 0 aliphatic carbocycles. The van der Waals surface area contributed by atoms with Crippen LogP contribution in [0.2, 0.25) is 0 Å². The second-order valence-corrected chi connectivity index (χ2v) is 6.13. The number of halogens is 5. The normalized spacial score (nSPS) is 14.4. The summed E-state index contributed by atoms with van der Waals surface area (Å²) < 4.78 is 80.2. The van der Waals surface area contributed by atoms with E-state index in [1.54, 1.807) is 6.92 Å². The van der Waals surface area contributed by atoms with Gasteiger partial charge >= 0.3 is 5.51 Å². The van der Waals surface area contributed by atoms with Crippen LogP contribution in [0.1, 0.15) is 31.2 Å². The van der Waals surface area contributed by atoms with Crippen LogP contribution in [0.15, 0.2) is 24.3 Å². The molecular weight excluding hydrogens is 367 g/mol. The van der Waals surface area contributed by atoms with Crippen LogP contribution in [0.3, 0.4) is 0 Å². The maximum atomic E-state index is 13.8. The molecule has 0 N–H and O–H groups in total. The highest BCUT2D eigenvalue weighted by Crippen LogP contribution is 2.30. The molecule has 1 heterocycles. The molecule has 0 spiro atoms. The zero-order valence-electron chi connectivity index (χ0n) is 13.1. The van der Waals surface area contributed by atoms with Gasteiger partial charge in [-0.3, -0.25) is 4.18 Å². The Morgan fingerprint density at radius 1 is 1.20 bits per heavy atom. The van der Waals surface area contributed by atoms with Gasteiger partial charge < -0.3 is 0 Å². The third-order valence-corrected chi connectivity index (χ3v) is 4.15. The SMILES string of the molecule is CCc1cc(-c2c(F)cccc2F)nnc1C(C)OS(=O)C(F)(F)F. The summed E-state index contributed by atoms with van der Waals surface area (Å²) in [7, 11) is 0. The lowest BCUT2D eigenvalue weighted by Crippen LogP contribution is -2.21. The average Bonchev–Trinajstić information content (AvgIpc) is 2.53. The third-order valence-electron chi connectivity index (χ3n) is 3.31. The highest BCUT2D eigenvalue weighted by molar-refractivity contribution is 7.81. The summed E-state index contributed by atoms with van der Waals surface area (Å²) in [5.74, 6) is -1.68. The molecule has 1 aromatic heterocycles. The Morgan fingerprint density at radius 2 is 1.80 bits per heavy atom. The second kappa shape index (κ2) is 7.52. The summed E-state index contributed by atoms with van der Waals surface area (Å²) in [6.45, 7) is 2.91. The highest BCUT2D eigenvalue weighted by Gasteiger charge is 2.40. The smallest absolute Gasteiger partial charge is 0.274 e. The number of hydrogen-bond donors (Lipinski definition) is 0. The van der Waals surface area contributed by atoms with Crippen LogP contribution < -0.4 is 0 Å². The molecule has 10 heteroatoms. The van der Waals surface area contributed by atoms with Crippen LogP contribution in [0.25, 0.3) is 11.3 Å². The molecule has 0 saturated heterocycles. The fraction of sp³-hybridized carbons (Fsp3) is 0.333. The third kappa shape index (κ3) is 4.37. The first-order chi connectivity index (χ1) is 11.6. The van der Waals surface area contributed by atoms with E-state index in [2.05, 4.69) is 14.4 Å². The van der Waals surface area contributed by atoms with Gasteiger partial charge in [0.2, 0.25) is 0 Å². The maximum absolute atomic E-state index is 13.8. The van der Waals surface area contributed by atoms with E-state index in [4.69, 9.17) is 0 Å². The first-order valence-electron chi connectivity index (χ1n) is 7.11. The summed E-state index contributed by atoms with van der Waals surface area (Å²) in [5.41, 5.74) is -5.12. The molecule has 0 radical (unpaired) electrons. The van der Waals surface area contributed by atoms with E-state index in [1.807, 2.05) is 0 Å². The Balaban J connectivity index is 2.39.